The van der Waals surface area contributed by atoms with Gasteiger partial charge in [0.05, 0.1) is 17.1 Å². The number of carbonyl (C=O) groups is 2. The molecule has 0 bridgehead atoms. The van der Waals surface area contributed by atoms with Crippen molar-refractivity contribution in [3.05, 3.63) is 41.0 Å². The van der Waals surface area contributed by atoms with Crippen LogP contribution in [-0.4, -0.2) is 57.7 Å². The fourth-order valence-electron chi connectivity index (χ4n) is 2.76. The molecule has 1 aromatic carbocycles. The highest BCUT2D eigenvalue weighted by Crippen LogP contribution is 2.25. The third-order valence-electron chi connectivity index (χ3n) is 4.62. The summed E-state index contributed by atoms with van der Waals surface area (Å²) < 4.78 is 0. The highest BCUT2D eigenvalue weighted by atomic mass is 35.5. The van der Waals surface area contributed by atoms with E-state index in [2.05, 4.69) is 36.6 Å². The molecule has 1 fully saturated rings. The quantitative estimate of drug-likeness (QED) is 0.194. The molecule has 6 N–H and O–H groups in total. The summed E-state index contributed by atoms with van der Waals surface area (Å²) in [6.07, 6.45) is 4.13. The first-order valence-electron chi connectivity index (χ1n) is 10.6. The number of aromatic nitrogens is 2. The Kier molecular flexibility index (Phi) is 9.02. The van der Waals surface area contributed by atoms with E-state index in [0.717, 1.165) is 12.8 Å². The minimum absolute atomic E-state index is 0.00660. The molecule has 0 unspecified atom stereocenters. The lowest BCUT2D eigenvalue weighted by Crippen LogP contribution is -2.37. The monoisotopic (exact) mass is 491 g/mol. The first-order valence-corrected chi connectivity index (χ1v) is 11.4. The van der Waals surface area contributed by atoms with Crippen molar-refractivity contribution in [3.63, 3.8) is 0 Å². The Balaban J connectivity index is 1.56. The van der Waals surface area contributed by atoms with Gasteiger partial charge in [-0.3, -0.25) is 9.59 Å². The third-order valence-corrected chi connectivity index (χ3v) is 5.24. The van der Waals surface area contributed by atoms with E-state index in [9.17, 15) is 9.59 Å². The Labute approximate surface area is 201 Å². The first kappa shape index (κ1) is 24.5. The van der Waals surface area contributed by atoms with Crippen molar-refractivity contribution in [2.24, 2.45) is 0 Å². The van der Waals surface area contributed by atoms with Crippen molar-refractivity contribution in [3.8, 4) is 0 Å². The lowest BCUT2D eigenvalue weighted by atomic mass is 10.2. The molecule has 0 atom stereocenters. The van der Waals surface area contributed by atoms with Crippen LogP contribution >= 0.6 is 23.8 Å². The largest absolute Gasteiger partial charge is 0.481 e. The number of rotatable bonds is 12. The Morgan fingerprint density at radius 1 is 1.15 bits per heavy atom. The van der Waals surface area contributed by atoms with Crippen molar-refractivity contribution in [2.75, 3.05) is 30.3 Å². The average Bonchev–Trinajstić information content (AvgIpc) is 3.59. The number of para-hydroxylation sites is 1. The van der Waals surface area contributed by atoms with E-state index in [1.807, 2.05) is 18.2 Å². The Morgan fingerprint density at radius 2 is 1.91 bits per heavy atom. The van der Waals surface area contributed by atoms with E-state index in [1.54, 1.807) is 6.07 Å². The van der Waals surface area contributed by atoms with Gasteiger partial charge >= 0.3 is 5.97 Å². The molecule has 0 spiro atoms. The molecule has 1 aliphatic carbocycles. The molecule has 1 saturated carbocycles. The molecule has 1 heterocycles. The van der Waals surface area contributed by atoms with Gasteiger partial charge in [-0.25, -0.2) is 4.98 Å². The van der Waals surface area contributed by atoms with Crippen LogP contribution in [0.15, 0.2) is 30.5 Å². The lowest BCUT2D eigenvalue weighted by Gasteiger charge is -2.14. The number of hydrogen-bond donors (Lipinski definition) is 6. The predicted octanol–water partition coefficient (Wildman–Crippen LogP) is 2.51. The van der Waals surface area contributed by atoms with Crippen molar-refractivity contribution in [1.29, 1.82) is 0 Å². The molecule has 1 aromatic heterocycles. The second-order valence-corrected chi connectivity index (χ2v) is 8.23. The maximum atomic E-state index is 12.6. The smallest absolute Gasteiger partial charge is 0.305 e. The molecule has 176 valence electrons. The summed E-state index contributed by atoms with van der Waals surface area (Å²) in [6.45, 7) is 1.35. The predicted molar refractivity (Wildman–Crippen MR) is 131 cm³/mol. The number of carbonyl (C=O) groups excluding carboxylic acids is 1. The minimum atomic E-state index is -0.885. The summed E-state index contributed by atoms with van der Waals surface area (Å²) in [5.74, 6) is -0.370. The van der Waals surface area contributed by atoms with Crippen LogP contribution in [0.5, 0.6) is 0 Å². The topological polar surface area (TPSA) is 140 Å². The summed E-state index contributed by atoms with van der Waals surface area (Å²) in [4.78, 5) is 31.9. The van der Waals surface area contributed by atoms with Crippen molar-refractivity contribution < 1.29 is 14.7 Å². The summed E-state index contributed by atoms with van der Waals surface area (Å²) in [5.41, 5.74) is 1.03. The fraction of sp³-hybridized carbons (Fsp3) is 0.381. The van der Waals surface area contributed by atoms with E-state index in [0.29, 0.717) is 52.7 Å². The number of aliphatic carboxylic acids is 1. The highest BCUT2D eigenvalue weighted by molar-refractivity contribution is 7.80. The molecule has 12 heteroatoms. The average molecular weight is 492 g/mol. The van der Waals surface area contributed by atoms with Crippen LogP contribution in [-0.2, 0) is 4.79 Å². The van der Waals surface area contributed by atoms with Gasteiger partial charge in [0.25, 0.3) is 5.91 Å². The van der Waals surface area contributed by atoms with Crippen molar-refractivity contribution in [2.45, 2.75) is 31.7 Å². The van der Waals surface area contributed by atoms with Crippen LogP contribution in [0, 0.1) is 0 Å². The van der Waals surface area contributed by atoms with Gasteiger partial charge in [-0.05, 0) is 43.6 Å². The zero-order valence-electron chi connectivity index (χ0n) is 17.9. The molecule has 0 radical (unpaired) electrons. The molecule has 3 rings (SSSR count). The van der Waals surface area contributed by atoms with E-state index in [4.69, 9.17) is 28.9 Å². The van der Waals surface area contributed by atoms with Crippen molar-refractivity contribution >= 4 is 58.3 Å². The van der Waals surface area contributed by atoms with Crippen LogP contribution in [0.2, 0.25) is 5.02 Å². The molecule has 10 nitrogen and oxygen atoms in total. The number of carboxylic acid groups (broad SMARTS) is 1. The van der Waals surface area contributed by atoms with Crippen LogP contribution in [0.1, 0.15) is 36.0 Å². The maximum absolute atomic E-state index is 12.6. The van der Waals surface area contributed by atoms with Crippen LogP contribution < -0.4 is 26.6 Å². The Morgan fingerprint density at radius 3 is 2.64 bits per heavy atom. The summed E-state index contributed by atoms with van der Waals surface area (Å²) in [5, 5.41) is 24.6. The van der Waals surface area contributed by atoms with E-state index in [1.165, 1.54) is 6.20 Å². The molecule has 0 aliphatic heterocycles. The van der Waals surface area contributed by atoms with Gasteiger partial charge in [-0.15, -0.1) is 0 Å². The standard InChI is InChI=1S/C21H26ClN7O3S/c22-15-4-1-2-5-16(15)28-20-26-12-14(19(32)27-13-6-7-13)18(29-20)23-9-3-10-24-21(33)25-11-8-17(30)31/h1-2,4-5,12-13H,3,6-11H2,(H,27,32)(H,30,31)(H2,24,25,33)(H2,23,26,28,29). The second kappa shape index (κ2) is 12.2. The van der Waals surface area contributed by atoms with Crippen LogP contribution in [0.3, 0.4) is 0 Å². The molecular weight excluding hydrogens is 466 g/mol. The number of thiocarbonyl (C=S) groups is 1. The molecule has 0 saturated heterocycles. The summed E-state index contributed by atoms with van der Waals surface area (Å²) in [6, 6.07) is 7.46. The number of nitrogens with zero attached hydrogens (tertiary/aromatic N) is 2. The molecule has 1 amide bonds. The van der Waals surface area contributed by atoms with Crippen LogP contribution in [0.25, 0.3) is 0 Å². The van der Waals surface area contributed by atoms with Gasteiger partial charge in [0.2, 0.25) is 5.95 Å². The number of benzene rings is 1. The minimum Gasteiger partial charge on any atom is -0.481 e. The molecule has 33 heavy (non-hydrogen) atoms. The number of carboxylic acids is 1. The van der Waals surface area contributed by atoms with Gasteiger partial charge < -0.3 is 31.7 Å². The first-order chi connectivity index (χ1) is 15.9. The number of nitrogens with one attached hydrogen (secondary N) is 5. The third kappa shape index (κ3) is 8.35. The second-order valence-electron chi connectivity index (χ2n) is 7.42. The van der Waals surface area contributed by atoms with Gasteiger partial charge in [0.1, 0.15) is 11.4 Å². The number of anilines is 3. The zero-order valence-corrected chi connectivity index (χ0v) is 19.4. The molecular formula is C21H26ClN7O3S. The van der Waals surface area contributed by atoms with Gasteiger partial charge in [0, 0.05) is 31.9 Å². The Hall–Kier alpha value is -3.18. The van der Waals surface area contributed by atoms with E-state index >= 15 is 0 Å². The summed E-state index contributed by atoms with van der Waals surface area (Å²) in [7, 11) is 0. The Bertz CT molecular complexity index is 1000. The van der Waals surface area contributed by atoms with Crippen molar-refractivity contribution in [1.82, 2.24) is 25.9 Å². The van der Waals surface area contributed by atoms with E-state index in [-0.39, 0.29) is 24.9 Å². The highest BCUT2D eigenvalue weighted by Gasteiger charge is 2.25. The number of amides is 1. The van der Waals surface area contributed by atoms with E-state index < -0.39 is 5.97 Å². The van der Waals surface area contributed by atoms with Crippen LogP contribution in [0.4, 0.5) is 17.5 Å². The molecule has 2 aromatic rings. The fourth-order valence-corrected chi connectivity index (χ4v) is 3.15. The number of hydrogen-bond acceptors (Lipinski definition) is 7. The zero-order chi connectivity index (χ0) is 23.6. The maximum Gasteiger partial charge on any atom is 0.305 e. The number of halogens is 1. The lowest BCUT2D eigenvalue weighted by molar-refractivity contribution is -0.136. The SMILES string of the molecule is O=C(O)CCNC(=S)NCCCNc1nc(Nc2ccccc2Cl)ncc1C(=O)NC1CC1. The van der Waals surface area contributed by atoms with Gasteiger partial charge in [-0.2, -0.15) is 4.98 Å². The molecule has 1 aliphatic rings. The normalized spacial score (nSPS) is 12.5. The van der Waals surface area contributed by atoms with Gasteiger partial charge in [0.15, 0.2) is 5.11 Å². The van der Waals surface area contributed by atoms with Gasteiger partial charge in [-0.1, -0.05) is 23.7 Å². The summed E-state index contributed by atoms with van der Waals surface area (Å²) >= 11 is 11.3.